The lowest BCUT2D eigenvalue weighted by Gasteiger charge is -2.07. The smallest absolute Gasteiger partial charge is 0.308 e. The molecule has 1 aliphatic rings. The number of benzene rings is 2. The summed E-state index contributed by atoms with van der Waals surface area (Å²) in [6, 6.07) is 14.2. The van der Waals surface area contributed by atoms with Gasteiger partial charge in [0, 0.05) is 17.3 Å². The minimum Gasteiger partial charge on any atom is -0.308 e. The summed E-state index contributed by atoms with van der Waals surface area (Å²) in [7, 11) is 0. The first-order valence-electron chi connectivity index (χ1n) is 6.98. The minimum atomic E-state index is -0.273. The third-order valence-corrected chi connectivity index (χ3v) is 4.39. The number of carbonyl (C=O) groups is 1. The number of aromatic nitrogens is 1. The van der Waals surface area contributed by atoms with Gasteiger partial charge in [-0.05, 0) is 40.8 Å². The number of hydrogen-bond acceptors (Lipinski definition) is 3. The van der Waals surface area contributed by atoms with E-state index in [4.69, 9.17) is 0 Å². The van der Waals surface area contributed by atoms with Gasteiger partial charge < -0.3 is 5.32 Å². The van der Waals surface area contributed by atoms with E-state index in [0.717, 1.165) is 12.1 Å². The maximum atomic E-state index is 11.9. The largest absolute Gasteiger partial charge is 0.325 e. The van der Waals surface area contributed by atoms with E-state index in [1.54, 1.807) is 6.20 Å². The van der Waals surface area contributed by atoms with E-state index in [-0.39, 0.29) is 6.03 Å². The number of nitrogens with zero attached hydrogens (tertiary/aromatic N) is 1. The Bertz CT molecular complexity index is 843. The third kappa shape index (κ3) is 2.35. The number of urea groups is 1. The molecule has 0 saturated carbocycles. The molecule has 0 atom stereocenters. The Hall–Kier alpha value is -2.66. The number of fused-ring (bicyclic) bond motifs is 3. The van der Waals surface area contributed by atoms with Gasteiger partial charge in [0.15, 0.2) is 5.13 Å². The summed E-state index contributed by atoms with van der Waals surface area (Å²) in [5.41, 5.74) is 5.91. The number of nitrogens with one attached hydrogen (secondary N) is 2. The van der Waals surface area contributed by atoms with Crippen LogP contribution in [0.4, 0.5) is 15.6 Å². The van der Waals surface area contributed by atoms with Gasteiger partial charge in [0.25, 0.3) is 0 Å². The molecule has 0 fully saturated rings. The van der Waals surface area contributed by atoms with Crippen LogP contribution in [0.2, 0.25) is 0 Å². The van der Waals surface area contributed by atoms with Crippen molar-refractivity contribution in [2.75, 3.05) is 10.6 Å². The van der Waals surface area contributed by atoms with Gasteiger partial charge in [-0.1, -0.05) is 30.3 Å². The van der Waals surface area contributed by atoms with E-state index >= 15 is 0 Å². The zero-order valence-corrected chi connectivity index (χ0v) is 12.5. The molecule has 1 aromatic heterocycles. The SMILES string of the molecule is O=C(Nc1ccc2c(c1)Cc1ccccc1-2)Nc1nccs1. The van der Waals surface area contributed by atoms with E-state index in [0.29, 0.717) is 5.13 Å². The van der Waals surface area contributed by atoms with E-state index in [1.807, 2.05) is 17.5 Å². The van der Waals surface area contributed by atoms with Gasteiger partial charge in [0.2, 0.25) is 0 Å². The Balaban J connectivity index is 1.53. The van der Waals surface area contributed by atoms with Crippen LogP contribution in [0.5, 0.6) is 0 Å². The molecule has 0 unspecified atom stereocenters. The minimum absolute atomic E-state index is 0.273. The summed E-state index contributed by atoms with van der Waals surface area (Å²) in [5, 5.41) is 7.98. The van der Waals surface area contributed by atoms with Crippen LogP contribution in [0.3, 0.4) is 0 Å². The summed E-state index contributed by atoms with van der Waals surface area (Å²) in [4.78, 5) is 16.0. The number of rotatable bonds is 2. The van der Waals surface area contributed by atoms with Crippen molar-refractivity contribution in [1.82, 2.24) is 4.98 Å². The van der Waals surface area contributed by atoms with E-state index in [1.165, 1.54) is 33.6 Å². The third-order valence-electron chi connectivity index (χ3n) is 3.70. The Labute approximate surface area is 131 Å². The van der Waals surface area contributed by atoms with Crippen LogP contribution in [-0.4, -0.2) is 11.0 Å². The Kier molecular flexibility index (Phi) is 3.12. The fraction of sp³-hybridized carbons (Fsp3) is 0.0588. The number of anilines is 2. The topological polar surface area (TPSA) is 54.0 Å². The fourth-order valence-corrected chi connectivity index (χ4v) is 3.29. The molecule has 2 amide bonds. The van der Waals surface area contributed by atoms with Crippen LogP contribution in [-0.2, 0) is 6.42 Å². The monoisotopic (exact) mass is 307 g/mol. The molecule has 5 heteroatoms. The second-order valence-corrected chi connectivity index (χ2v) is 6.02. The predicted octanol–water partition coefficient (Wildman–Crippen LogP) is 4.36. The van der Waals surface area contributed by atoms with Crippen molar-refractivity contribution < 1.29 is 4.79 Å². The molecule has 0 spiro atoms. The maximum Gasteiger partial charge on any atom is 0.325 e. The van der Waals surface area contributed by atoms with Crippen molar-refractivity contribution in [3.63, 3.8) is 0 Å². The molecule has 3 aromatic rings. The lowest BCUT2D eigenvalue weighted by Crippen LogP contribution is -2.19. The highest BCUT2D eigenvalue weighted by molar-refractivity contribution is 7.13. The number of amides is 2. The van der Waals surface area contributed by atoms with Crippen LogP contribution < -0.4 is 10.6 Å². The first kappa shape index (κ1) is 13.0. The van der Waals surface area contributed by atoms with Gasteiger partial charge in [0.05, 0.1) is 0 Å². The van der Waals surface area contributed by atoms with Crippen LogP contribution in [0.25, 0.3) is 11.1 Å². The molecule has 0 bridgehead atoms. The zero-order chi connectivity index (χ0) is 14.9. The Morgan fingerprint density at radius 2 is 1.91 bits per heavy atom. The fourth-order valence-electron chi connectivity index (χ4n) is 2.77. The molecule has 0 radical (unpaired) electrons. The standard InChI is InChI=1S/C17H13N3OS/c21-16(20-17-18-7-8-22-17)19-13-5-6-15-12(10-13)9-11-3-1-2-4-14(11)15/h1-8,10H,9H2,(H2,18,19,20,21). The molecule has 1 aliphatic carbocycles. The number of carbonyl (C=O) groups excluding carboxylic acids is 1. The lowest BCUT2D eigenvalue weighted by atomic mass is 10.1. The lowest BCUT2D eigenvalue weighted by molar-refractivity contribution is 0.262. The molecule has 2 N–H and O–H groups in total. The van der Waals surface area contributed by atoms with Crippen molar-refractivity contribution in [3.05, 3.63) is 65.2 Å². The summed E-state index contributed by atoms with van der Waals surface area (Å²) in [5.74, 6) is 0. The maximum absolute atomic E-state index is 11.9. The summed E-state index contributed by atoms with van der Waals surface area (Å²) in [6.07, 6.45) is 2.57. The van der Waals surface area contributed by atoms with E-state index in [2.05, 4.69) is 45.9 Å². The first-order chi connectivity index (χ1) is 10.8. The second-order valence-electron chi connectivity index (χ2n) is 5.12. The molecule has 1 heterocycles. The molecule has 0 aliphatic heterocycles. The summed E-state index contributed by atoms with van der Waals surface area (Å²) >= 11 is 1.39. The van der Waals surface area contributed by atoms with Crippen molar-refractivity contribution >= 4 is 28.2 Å². The summed E-state index contributed by atoms with van der Waals surface area (Å²) < 4.78 is 0. The van der Waals surface area contributed by atoms with Crippen LogP contribution in [0, 0.1) is 0 Å². The average molecular weight is 307 g/mol. The highest BCUT2D eigenvalue weighted by Gasteiger charge is 2.18. The van der Waals surface area contributed by atoms with Crippen molar-refractivity contribution in [1.29, 1.82) is 0 Å². The highest BCUT2D eigenvalue weighted by atomic mass is 32.1. The molecular weight excluding hydrogens is 294 g/mol. The Morgan fingerprint density at radius 1 is 1.05 bits per heavy atom. The molecule has 108 valence electrons. The van der Waals surface area contributed by atoms with Crippen LogP contribution in [0.1, 0.15) is 11.1 Å². The molecule has 4 nitrogen and oxygen atoms in total. The van der Waals surface area contributed by atoms with Crippen molar-refractivity contribution in [2.24, 2.45) is 0 Å². The summed E-state index contributed by atoms with van der Waals surface area (Å²) in [6.45, 7) is 0. The van der Waals surface area contributed by atoms with Crippen LogP contribution >= 0.6 is 11.3 Å². The van der Waals surface area contributed by atoms with Crippen molar-refractivity contribution in [3.8, 4) is 11.1 Å². The van der Waals surface area contributed by atoms with Crippen molar-refractivity contribution in [2.45, 2.75) is 6.42 Å². The quantitative estimate of drug-likeness (QED) is 0.578. The second kappa shape index (κ2) is 5.27. The van der Waals surface area contributed by atoms with Gasteiger partial charge in [-0.2, -0.15) is 0 Å². The average Bonchev–Trinajstić information content (AvgIpc) is 3.13. The van der Waals surface area contributed by atoms with Gasteiger partial charge in [-0.15, -0.1) is 11.3 Å². The predicted molar refractivity (Wildman–Crippen MR) is 89.4 cm³/mol. The molecule has 0 saturated heterocycles. The number of hydrogen-bond donors (Lipinski definition) is 2. The van der Waals surface area contributed by atoms with Gasteiger partial charge >= 0.3 is 6.03 Å². The zero-order valence-electron chi connectivity index (χ0n) is 11.7. The van der Waals surface area contributed by atoms with E-state index < -0.39 is 0 Å². The van der Waals surface area contributed by atoms with Gasteiger partial charge in [-0.3, -0.25) is 5.32 Å². The van der Waals surface area contributed by atoms with Crippen LogP contribution in [0.15, 0.2) is 54.0 Å². The molecule has 2 aromatic carbocycles. The molecule has 22 heavy (non-hydrogen) atoms. The highest BCUT2D eigenvalue weighted by Crippen LogP contribution is 2.37. The molecular formula is C17H13N3OS. The number of thiazole rings is 1. The van der Waals surface area contributed by atoms with Gasteiger partial charge in [0.1, 0.15) is 0 Å². The first-order valence-corrected chi connectivity index (χ1v) is 7.86. The Morgan fingerprint density at radius 3 is 2.77 bits per heavy atom. The normalized spacial score (nSPS) is 11.6. The molecule has 4 rings (SSSR count). The van der Waals surface area contributed by atoms with E-state index in [9.17, 15) is 4.79 Å². The van der Waals surface area contributed by atoms with Gasteiger partial charge in [-0.25, -0.2) is 9.78 Å².